The molecule has 1 aromatic carbocycles. The SMILES string of the molecule is CN1C(=O)C(C2CCN(c3nc4ccc(F)cc4o3)CC2)C(=O)N(C)C1=O. The molecule has 4 amide bonds. The minimum absolute atomic E-state index is 0.152. The molecule has 2 aliphatic rings. The molecule has 4 rings (SSSR count). The van der Waals surface area contributed by atoms with Crippen LogP contribution in [0, 0.1) is 17.7 Å². The van der Waals surface area contributed by atoms with Crippen LogP contribution in [0.2, 0.25) is 0 Å². The molecular formula is C18H19FN4O4. The smallest absolute Gasteiger partial charge is 0.332 e. The van der Waals surface area contributed by atoms with Crippen molar-refractivity contribution in [3.8, 4) is 0 Å². The monoisotopic (exact) mass is 374 g/mol. The van der Waals surface area contributed by atoms with Crippen LogP contribution in [0.25, 0.3) is 11.1 Å². The number of anilines is 1. The Kier molecular flexibility index (Phi) is 4.09. The molecular weight excluding hydrogens is 355 g/mol. The Morgan fingerprint density at radius 1 is 1.07 bits per heavy atom. The molecule has 2 aliphatic heterocycles. The van der Waals surface area contributed by atoms with Gasteiger partial charge in [-0.2, -0.15) is 4.98 Å². The van der Waals surface area contributed by atoms with Crippen molar-refractivity contribution < 1.29 is 23.2 Å². The Bertz CT molecular complexity index is 911. The molecule has 27 heavy (non-hydrogen) atoms. The van der Waals surface area contributed by atoms with Gasteiger partial charge < -0.3 is 9.32 Å². The lowest BCUT2D eigenvalue weighted by molar-refractivity contribution is -0.150. The lowest BCUT2D eigenvalue weighted by Crippen LogP contribution is -2.59. The second kappa shape index (κ2) is 6.33. The Labute approximate surface area is 154 Å². The Balaban J connectivity index is 1.48. The van der Waals surface area contributed by atoms with Crippen LogP contribution in [0.3, 0.4) is 0 Å². The van der Waals surface area contributed by atoms with Crippen molar-refractivity contribution in [1.82, 2.24) is 14.8 Å². The molecule has 0 saturated carbocycles. The van der Waals surface area contributed by atoms with Gasteiger partial charge in [-0.25, -0.2) is 9.18 Å². The standard InChI is InChI=1S/C18H19FN4O4/c1-21-15(24)14(16(25)22(2)18(21)26)10-5-7-23(8-6-10)17-20-12-4-3-11(19)9-13(12)27-17/h3-4,9-10,14H,5-8H2,1-2H3. The third-order valence-corrected chi connectivity index (χ3v) is 5.39. The van der Waals surface area contributed by atoms with Crippen LogP contribution < -0.4 is 4.90 Å². The van der Waals surface area contributed by atoms with E-state index < -0.39 is 23.8 Å². The minimum Gasteiger partial charge on any atom is -0.423 e. The maximum atomic E-state index is 13.3. The predicted octanol–water partition coefficient (Wildman–Crippen LogP) is 1.85. The Hall–Kier alpha value is -2.97. The lowest BCUT2D eigenvalue weighted by Gasteiger charge is -2.39. The number of aromatic nitrogens is 1. The fraction of sp³-hybridized carbons (Fsp3) is 0.444. The maximum absolute atomic E-state index is 13.3. The first kappa shape index (κ1) is 17.4. The molecule has 1 aromatic heterocycles. The van der Waals surface area contributed by atoms with Crippen molar-refractivity contribution in [1.29, 1.82) is 0 Å². The van der Waals surface area contributed by atoms with Gasteiger partial charge in [-0.1, -0.05) is 0 Å². The molecule has 3 heterocycles. The normalized spacial score (nSPS) is 20.3. The zero-order valence-electron chi connectivity index (χ0n) is 15.0. The highest BCUT2D eigenvalue weighted by atomic mass is 19.1. The number of carbonyl (C=O) groups is 3. The molecule has 8 nitrogen and oxygen atoms in total. The van der Waals surface area contributed by atoms with E-state index in [1.807, 2.05) is 4.90 Å². The number of nitrogens with zero attached hydrogens (tertiary/aromatic N) is 4. The molecule has 0 N–H and O–H groups in total. The average molecular weight is 374 g/mol. The second-order valence-electron chi connectivity index (χ2n) is 6.99. The topological polar surface area (TPSA) is 87.0 Å². The number of halogens is 1. The maximum Gasteiger partial charge on any atom is 0.332 e. The highest BCUT2D eigenvalue weighted by molar-refractivity contribution is 6.15. The van der Waals surface area contributed by atoms with E-state index in [-0.39, 0.29) is 11.7 Å². The van der Waals surface area contributed by atoms with Crippen molar-refractivity contribution in [3.63, 3.8) is 0 Å². The number of hydrogen-bond acceptors (Lipinski definition) is 6. The number of barbiturate groups is 1. The summed E-state index contributed by atoms with van der Waals surface area (Å²) in [5.41, 5.74) is 0.958. The van der Waals surface area contributed by atoms with E-state index in [0.717, 1.165) is 9.80 Å². The number of carbonyl (C=O) groups excluding carboxylic acids is 3. The van der Waals surface area contributed by atoms with Gasteiger partial charge in [0.2, 0.25) is 11.8 Å². The van der Waals surface area contributed by atoms with E-state index in [4.69, 9.17) is 4.42 Å². The summed E-state index contributed by atoms with van der Waals surface area (Å²) in [4.78, 5) is 45.1. The first-order valence-electron chi connectivity index (χ1n) is 8.77. The van der Waals surface area contributed by atoms with Crippen LogP contribution in [-0.2, 0) is 9.59 Å². The van der Waals surface area contributed by atoms with Crippen molar-refractivity contribution in [2.75, 3.05) is 32.1 Å². The quantitative estimate of drug-likeness (QED) is 0.746. The zero-order valence-corrected chi connectivity index (χ0v) is 15.0. The summed E-state index contributed by atoms with van der Waals surface area (Å²) in [6.45, 7) is 1.11. The van der Waals surface area contributed by atoms with Gasteiger partial charge in [0, 0.05) is 33.3 Å². The van der Waals surface area contributed by atoms with E-state index in [0.29, 0.717) is 43.0 Å². The van der Waals surface area contributed by atoms with Crippen molar-refractivity contribution in [3.05, 3.63) is 24.0 Å². The number of benzene rings is 1. The van der Waals surface area contributed by atoms with Crippen LogP contribution in [0.5, 0.6) is 0 Å². The van der Waals surface area contributed by atoms with E-state index in [1.54, 1.807) is 6.07 Å². The van der Waals surface area contributed by atoms with E-state index in [2.05, 4.69) is 4.98 Å². The first-order valence-corrected chi connectivity index (χ1v) is 8.77. The summed E-state index contributed by atoms with van der Waals surface area (Å²) < 4.78 is 19.0. The van der Waals surface area contributed by atoms with Crippen molar-refractivity contribution >= 4 is 35.0 Å². The summed E-state index contributed by atoms with van der Waals surface area (Å²) in [5.74, 6) is -2.27. The summed E-state index contributed by atoms with van der Waals surface area (Å²) in [7, 11) is 2.79. The van der Waals surface area contributed by atoms with Gasteiger partial charge in [-0.15, -0.1) is 0 Å². The number of amides is 4. The molecule has 0 unspecified atom stereocenters. The molecule has 9 heteroatoms. The molecule has 0 aliphatic carbocycles. The lowest BCUT2D eigenvalue weighted by atomic mass is 9.81. The van der Waals surface area contributed by atoms with Gasteiger partial charge in [0.25, 0.3) is 6.01 Å². The third kappa shape index (κ3) is 2.83. The van der Waals surface area contributed by atoms with E-state index in [9.17, 15) is 18.8 Å². The zero-order chi connectivity index (χ0) is 19.3. The number of piperidine rings is 1. The first-order chi connectivity index (χ1) is 12.9. The number of hydrogen-bond donors (Lipinski definition) is 0. The van der Waals surface area contributed by atoms with Gasteiger partial charge in [-0.3, -0.25) is 19.4 Å². The molecule has 0 radical (unpaired) electrons. The molecule has 0 spiro atoms. The Morgan fingerprint density at radius 3 is 2.33 bits per heavy atom. The summed E-state index contributed by atoms with van der Waals surface area (Å²) in [5, 5.41) is 0. The Morgan fingerprint density at radius 2 is 1.70 bits per heavy atom. The van der Waals surface area contributed by atoms with Crippen LogP contribution in [-0.4, -0.2) is 59.8 Å². The fourth-order valence-electron chi connectivity index (χ4n) is 3.79. The summed E-state index contributed by atoms with van der Waals surface area (Å²) in [6, 6.07) is 3.99. The van der Waals surface area contributed by atoms with Crippen molar-refractivity contribution in [2.45, 2.75) is 12.8 Å². The van der Waals surface area contributed by atoms with E-state index in [1.165, 1.54) is 26.2 Å². The van der Waals surface area contributed by atoms with Crippen molar-refractivity contribution in [2.24, 2.45) is 11.8 Å². The van der Waals surface area contributed by atoms with Crippen LogP contribution in [0.15, 0.2) is 22.6 Å². The molecule has 142 valence electrons. The molecule has 2 fully saturated rings. The fourth-order valence-corrected chi connectivity index (χ4v) is 3.79. The second-order valence-corrected chi connectivity index (χ2v) is 6.99. The average Bonchev–Trinajstić information content (AvgIpc) is 3.08. The number of imide groups is 2. The minimum atomic E-state index is -0.836. The molecule has 2 aromatic rings. The summed E-state index contributed by atoms with van der Waals surface area (Å²) in [6.07, 6.45) is 1.18. The molecule has 0 atom stereocenters. The van der Waals surface area contributed by atoms with Gasteiger partial charge in [-0.05, 0) is 30.9 Å². The van der Waals surface area contributed by atoms with Gasteiger partial charge in [0.15, 0.2) is 5.58 Å². The largest absolute Gasteiger partial charge is 0.423 e. The summed E-state index contributed by atoms with van der Waals surface area (Å²) >= 11 is 0. The molecule has 0 bridgehead atoms. The van der Waals surface area contributed by atoms with Gasteiger partial charge in [0.1, 0.15) is 17.3 Å². The number of urea groups is 1. The predicted molar refractivity (Wildman–Crippen MR) is 93.3 cm³/mol. The van der Waals surface area contributed by atoms with E-state index >= 15 is 0 Å². The number of rotatable bonds is 2. The van der Waals surface area contributed by atoms with Gasteiger partial charge >= 0.3 is 6.03 Å². The van der Waals surface area contributed by atoms with Crippen LogP contribution in [0.1, 0.15) is 12.8 Å². The molecule has 2 saturated heterocycles. The number of oxazole rings is 1. The van der Waals surface area contributed by atoms with Crippen LogP contribution >= 0.6 is 0 Å². The third-order valence-electron chi connectivity index (χ3n) is 5.39. The van der Waals surface area contributed by atoms with Crippen LogP contribution in [0.4, 0.5) is 15.2 Å². The van der Waals surface area contributed by atoms with Gasteiger partial charge in [0.05, 0.1) is 0 Å². The highest BCUT2D eigenvalue weighted by Gasteiger charge is 2.47. The highest BCUT2D eigenvalue weighted by Crippen LogP contribution is 2.33. The number of fused-ring (bicyclic) bond motifs is 1.